The summed E-state index contributed by atoms with van der Waals surface area (Å²) in [6.07, 6.45) is -6.50. The van der Waals surface area contributed by atoms with Gasteiger partial charge in [0.1, 0.15) is 19.5 Å². The van der Waals surface area contributed by atoms with Crippen molar-refractivity contribution >= 4 is 39.1 Å². The second-order valence-corrected chi connectivity index (χ2v) is 13.7. The highest BCUT2D eigenvalue weighted by Gasteiger charge is 2.51. The van der Waals surface area contributed by atoms with Gasteiger partial charge in [0.25, 0.3) is 7.82 Å². The highest BCUT2D eigenvalue weighted by Crippen LogP contribution is 2.55. The first-order chi connectivity index (χ1) is 22.8. The van der Waals surface area contributed by atoms with Crippen LogP contribution in [0.25, 0.3) is 0 Å². The van der Waals surface area contributed by atoms with E-state index in [1.54, 1.807) is 36.4 Å². The molecule has 3 unspecified atom stereocenters. The van der Waals surface area contributed by atoms with Crippen molar-refractivity contribution in [2.75, 3.05) is 24.6 Å². The Bertz CT molecular complexity index is 1740. The number of hydrogen-bond acceptors (Lipinski definition) is 15. The lowest BCUT2D eigenvalue weighted by Gasteiger charge is -2.32. The molecular weight excluding hydrogens is 676 g/mol. The van der Waals surface area contributed by atoms with Crippen LogP contribution in [0.1, 0.15) is 46.7 Å². The molecule has 0 radical (unpaired) electrons. The summed E-state index contributed by atoms with van der Waals surface area (Å²) in [5.41, 5.74) is -0.735. The van der Waals surface area contributed by atoms with Crippen LogP contribution in [-0.2, 0) is 37.0 Å². The minimum atomic E-state index is -5.69. The van der Waals surface area contributed by atoms with E-state index in [-0.39, 0.29) is 16.9 Å². The maximum Gasteiger partial charge on any atom is 0.351 e. The molecule has 1 aliphatic rings. The zero-order valence-electron chi connectivity index (χ0n) is 25.3. The topological polar surface area (TPSA) is 245 Å². The Morgan fingerprint density at radius 3 is 2.08 bits per heavy atom. The number of aromatic nitrogens is 2. The average molecular weight is 708 g/mol. The number of nitrogens with zero attached hydrogens (tertiary/aromatic N) is 2. The molecule has 258 valence electrons. The summed E-state index contributed by atoms with van der Waals surface area (Å²) >= 11 is 0. The molecule has 19 heteroatoms. The summed E-state index contributed by atoms with van der Waals surface area (Å²) in [6.45, 7) is 1.36. The van der Waals surface area contributed by atoms with Gasteiger partial charge in [0.15, 0.2) is 18.4 Å². The number of nitrogens with one attached hydrogen (secondary N) is 1. The number of phosphoric ester groups is 1. The Kier molecular flexibility index (Phi) is 12.4. The summed E-state index contributed by atoms with van der Waals surface area (Å²) < 4.78 is 51.8. The number of esters is 2. The number of carboxylic acid groups (broad SMARTS) is 1. The summed E-state index contributed by atoms with van der Waals surface area (Å²) in [5, 5.41) is 11.7. The predicted molar refractivity (Wildman–Crippen MR) is 162 cm³/mol. The van der Waals surface area contributed by atoms with Crippen molar-refractivity contribution in [2.24, 2.45) is 0 Å². The maximum absolute atomic E-state index is 13.2. The van der Waals surface area contributed by atoms with Crippen molar-refractivity contribution in [1.82, 2.24) is 9.55 Å². The smallest absolute Gasteiger partial charge is 0.351 e. The summed E-state index contributed by atoms with van der Waals surface area (Å²) in [4.78, 5) is 78.9. The van der Waals surface area contributed by atoms with E-state index < -0.39 is 82.7 Å². The predicted octanol–water partition coefficient (Wildman–Crippen LogP) is 1.94. The normalized spacial score (nSPS) is 21.4. The van der Waals surface area contributed by atoms with Crippen molar-refractivity contribution in [2.45, 2.75) is 44.3 Å². The molecule has 0 saturated carbocycles. The molecule has 1 aliphatic heterocycles. The lowest BCUT2D eigenvalue weighted by molar-refractivity contribution is -0.234. The van der Waals surface area contributed by atoms with Crippen molar-refractivity contribution in [3.63, 3.8) is 0 Å². The van der Waals surface area contributed by atoms with Crippen molar-refractivity contribution in [3.05, 3.63) is 94.5 Å². The number of ether oxygens (including phenoxy) is 3. The van der Waals surface area contributed by atoms with Crippen LogP contribution >= 0.6 is 15.4 Å². The van der Waals surface area contributed by atoms with Gasteiger partial charge in [-0.2, -0.15) is 4.98 Å². The fourth-order valence-corrected chi connectivity index (χ4v) is 6.97. The molecule has 4 rings (SSSR count). The summed E-state index contributed by atoms with van der Waals surface area (Å²) in [5.74, 6) is -3.14. The second kappa shape index (κ2) is 16.3. The number of aliphatic carboxylic acids is 1. The lowest BCUT2D eigenvalue weighted by Crippen LogP contribution is -2.42. The Labute approximate surface area is 273 Å². The SMILES string of the molecule is CCCNc1ccn([C@@H]2O[C@H](COP(=O)([O-])OP(=O)([O-])CCC(=O)O)C(OC(=O)c3ccccc3)[C@@H]2OC(=O)c2ccccc2)c(=O)n1. The highest BCUT2D eigenvalue weighted by atomic mass is 31.3. The third kappa shape index (κ3) is 10.1. The average Bonchev–Trinajstić information content (AvgIpc) is 3.38. The van der Waals surface area contributed by atoms with Crippen LogP contribution in [0.5, 0.6) is 0 Å². The molecule has 6 atom stereocenters. The Hall–Kier alpha value is -4.21. The number of hydrogen-bond donors (Lipinski definition) is 2. The third-order valence-corrected chi connectivity index (χ3v) is 9.70. The van der Waals surface area contributed by atoms with Gasteiger partial charge in [0.2, 0.25) is 0 Å². The van der Waals surface area contributed by atoms with Crippen LogP contribution in [0.2, 0.25) is 0 Å². The van der Waals surface area contributed by atoms with E-state index in [1.165, 1.54) is 36.5 Å². The number of anilines is 1. The minimum absolute atomic E-state index is 0.0579. The number of rotatable bonds is 16. The quantitative estimate of drug-likeness (QED) is 0.160. The number of benzene rings is 2. The van der Waals surface area contributed by atoms with Gasteiger partial charge in [0, 0.05) is 18.9 Å². The van der Waals surface area contributed by atoms with E-state index in [9.17, 15) is 38.1 Å². The first-order valence-electron chi connectivity index (χ1n) is 14.5. The first kappa shape index (κ1) is 36.6. The van der Waals surface area contributed by atoms with Crippen LogP contribution in [0.4, 0.5) is 5.82 Å². The van der Waals surface area contributed by atoms with Crippen molar-refractivity contribution in [3.8, 4) is 0 Å². The number of carbonyl (C=O) groups is 3. The van der Waals surface area contributed by atoms with E-state index in [1.807, 2.05) is 6.92 Å². The molecule has 0 spiro atoms. The fraction of sp³-hybridized carbons (Fsp3) is 0.345. The molecule has 0 aliphatic carbocycles. The summed E-state index contributed by atoms with van der Waals surface area (Å²) in [7, 11) is -10.9. The van der Waals surface area contributed by atoms with Gasteiger partial charge >= 0.3 is 23.6 Å². The number of carbonyl (C=O) groups excluding carboxylic acids is 2. The monoisotopic (exact) mass is 707 g/mol. The van der Waals surface area contributed by atoms with Crippen LogP contribution in [0, 0.1) is 0 Å². The summed E-state index contributed by atoms with van der Waals surface area (Å²) in [6, 6.07) is 16.7. The van der Waals surface area contributed by atoms with E-state index in [0.29, 0.717) is 6.54 Å². The van der Waals surface area contributed by atoms with E-state index in [2.05, 4.69) is 14.6 Å². The van der Waals surface area contributed by atoms with Crippen LogP contribution < -0.4 is 20.8 Å². The lowest BCUT2D eigenvalue weighted by atomic mass is 10.1. The third-order valence-electron chi connectivity index (χ3n) is 6.67. The zero-order valence-corrected chi connectivity index (χ0v) is 27.1. The zero-order chi connectivity index (χ0) is 34.9. The van der Waals surface area contributed by atoms with Gasteiger partial charge in [-0.25, -0.2) is 14.4 Å². The largest absolute Gasteiger partial charge is 0.778 e. The molecule has 3 aromatic rings. The standard InChI is InChI=1S/C29H33N3O14P2/c1-2-15-30-22-13-16-32(29(37)31-22)26-25(45-28(36)20-11-7-4-8-12-20)24(44-27(35)19-9-5-3-6-10-19)21(43-26)18-42-48(40,41)46-47(38,39)17-14-23(33)34/h3-13,16,21,24-26H,2,14-15,17-18H2,1H3,(H,33,34)(H,38,39)(H,40,41)(H,30,31,37)/p-2/t21-,24?,25+,26-/m1/s1. The fourth-order valence-electron chi connectivity index (χ4n) is 4.44. The second-order valence-electron chi connectivity index (χ2n) is 10.3. The molecule has 0 bridgehead atoms. The number of phosphoric acid groups is 1. The van der Waals surface area contributed by atoms with Gasteiger partial charge in [-0.15, -0.1) is 0 Å². The molecular formula is C29H31N3O14P2-2. The molecule has 2 N–H and O–H groups in total. The Morgan fingerprint density at radius 2 is 1.54 bits per heavy atom. The molecule has 2 heterocycles. The molecule has 1 saturated heterocycles. The number of carboxylic acids is 1. The van der Waals surface area contributed by atoms with Crippen molar-refractivity contribution < 1.29 is 61.5 Å². The van der Waals surface area contributed by atoms with E-state index >= 15 is 0 Å². The van der Waals surface area contributed by atoms with Crippen LogP contribution in [0.15, 0.2) is 77.7 Å². The highest BCUT2D eigenvalue weighted by molar-refractivity contribution is 7.62. The maximum atomic E-state index is 13.2. The van der Waals surface area contributed by atoms with E-state index in [4.69, 9.17) is 23.8 Å². The Balaban J connectivity index is 1.69. The van der Waals surface area contributed by atoms with Gasteiger partial charge in [-0.05, 0) is 36.8 Å². The van der Waals surface area contributed by atoms with Gasteiger partial charge < -0.3 is 43.5 Å². The molecule has 1 aromatic heterocycles. The van der Waals surface area contributed by atoms with Gasteiger partial charge in [0.05, 0.1) is 24.2 Å². The van der Waals surface area contributed by atoms with Crippen LogP contribution in [-0.4, -0.2) is 70.2 Å². The van der Waals surface area contributed by atoms with Gasteiger partial charge in [-0.3, -0.25) is 18.2 Å². The van der Waals surface area contributed by atoms with Crippen molar-refractivity contribution in [1.29, 1.82) is 0 Å². The Morgan fingerprint density at radius 1 is 0.958 bits per heavy atom. The molecule has 17 nitrogen and oxygen atoms in total. The molecule has 48 heavy (non-hydrogen) atoms. The van der Waals surface area contributed by atoms with Gasteiger partial charge in [-0.1, -0.05) is 43.3 Å². The minimum Gasteiger partial charge on any atom is -0.778 e. The molecule has 1 fully saturated rings. The van der Waals surface area contributed by atoms with E-state index in [0.717, 1.165) is 11.0 Å². The molecule has 0 amide bonds. The van der Waals surface area contributed by atoms with Crippen LogP contribution in [0.3, 0.4) is 0 Å². The first-order valence-corrected chi connectivity index (χ1v) is 17.7. The molecule has 2 aromatic carbocycles.